The van der Waals surface area contributed by atoms with Crippen LogP contribution in [0.1, 0.15) is 155 Å². The lowest BCUT2D eigenvalue weighted by Gasteiger charge is -2.09. The second-order valence-corrected chi connectivity index (χ2v) is 12.1. The van der Waals surface area contributed by atoms with Crippen LogP contribution in [0.3, 0.4) is 0 Å². The van der Waals surface area contributed by atoms with Gasteiger partial charge in [0.05, 0.1) is 13.2 Å². The molecule has 0 rings (SSSR count). The second-order valence-electron chi connectivity index (χ2n) is 9.92. The van der Waals surface area contributed by atoms with Gasteiger partial charge in [0.15, 0.2) is 10.1 Å². The first kappa shape index (κ1) is 35.1. The van der Waals surface area contributed by atoms with E-state index in [0.29, 0.717) is 0 Å². The summed E-state index contributed by atoms with van der Waals surface area (Å²) in [4.78, 5) is 0. The standard InChI is InChI=1S/C30H58O2S3/c1-3-5-7-9-11-13-15-17-19-21-25-31-29(33)23-27-35-28-24-30(34)32-26-22-20-18-16-14-12-10-8-6-4-2/h3-28H2,1-2H3. The van der Waals surface area contributed by atoms with Crippen molar-refractivity contribution in [2.45, 2.75) is 155 Å². The molecule has 0 aromatic heterocycles. The molecule has 0 saturated heterocycles. The molecule has 0 fully saturated rings. The van der Waals surface area contributed by atoms with Crippen LogP contribution in [0, 0.1) is 0 Å². The van der Waals surface area contributed by atoms with Crippen LogP contribution in [0.15, 0.2) is 0 Å². The maximum atomic E-state index is 5.73. The lowest BCUT2D eigenvalue weighted by Crippen LogP contribution is -2.06. The molecule has 0 bridgehead atoms. The molecule has 0 saturated carbocycles. The Morgan fingerprint density at radius 3 is 1.06 bits per heavy atom. The Morgan fingerprint density at radius 1 is 0.457 bits per heavy atom. The van der Waals surface area contributed by atoms with Crippen molar-refractivity contribution >= 4 is 46.3 Å². The number of hydrogen-bond acceptors (Lipinski definition) is 5. The first-order chi connectivity index (χ1) is 17.2. The summed E-state index contributed by atoms with van der Waals surface area (Å²) in [6.07, 6.45) is 28.7. The third kappa shape index (κ3) is 30.2. The molecule has 0 amide bonds. The molecule has 0 unspecified atom stereocenters. The first-order valence-electron chi connectivity index (χ1n) is 15.1. The van der Waals surface area contributed by atoms with Crippen LogP contribution in [0.25, 0.3) is 0 Å². The molecule has 0 spiro atoms. The van der Waals surface area contributed by atoms with E-state index in [1.807, 2.05) is 11.8 Å². The molecule has 0 aromatic carbocycles. The topological polar surface area (TPSA) is 18.5 Å². The van der Waals surface area contributed by atoms with Crippen molar-refractivity contribution < 1.29 is 9.47 Å². The maximum absolute atomic E-state index is 5.73. The van der Waals surface area contributed by atoms with E-state index in [2.05, 4.69) is 13.8 Å². The Hall–Kier alpha value is 0.130. The van der Waals surface area contributed by atoms with Crippen LogP contribution in [-0.2, 0) is 9.47 Å². The van der Waals surface area contributed by atoms with Crippen LogP contribution in [-0.4, -0.2) is 34.8 Å². The van der Waals surface area contributed by atoms with E-state index in [1.54, 1.807) is 0 Å². The molecule has 0 heterocycles. The van der Waals surface area contributed by atoms with E-state index in [-0.39, 0.29) is 0 Å². The van der Waals surface area contributed by atoms with Crippen molar-refractivity contribution in [1.29, 1.82) is 0 Å². The van der Waals surface area contributed by atoms with Crippen molar-refractivity contribution in [3.63, 3.8) is 0 Å². The molecule has 0 N–H and O–H groups in total. The van der Waals surface area contributed by atoms with Gasteiger partial charge in [-0.25, -0.2) is 0 Å². The highest BCUT2D eigenvalue weighted by Crippen LogP contribution is 2.13. The Balaban J connectivity index is 3.27. The van der Waals surface area contributed by atoms with Gasteiger partial charge in [-0.05, 0) is 37.3 Å². The lowest BCUT2D eigenvalue weighted by atomic mass is 10.1. The summed E-state index contributed by atoms with van der Waals surface area (Å²) in [5, 5.41) is 1.54. The summed E-state index contributed by atoms with van der Waals surface area (Å²) in [7, 11) is 0. The minimum Gasteiger partial charge on any atom is -0.487 e. The highest BCUT2D eigenvalue weighted by atomic mass is 32.2. The molecule has 0 atom stereocenters. The van der Waals surface area contributed by atoms with Gasteiger partial charge in [0.1, 0.15) is 0 Å². The zero-order valence-electron chi connectivity index (χ0n) is 23.4. The fourth-order valence-corrected chi connectivity index (χ4v) is 5.60. The molecular weight excluding hydrogens is 489 g/mol. The van der Waals surface area contributed by atoms with Gasteiger partial charge in [0.25, 0.3) is 0 Å². The van der Waals surface area contributed by atoms with Gasteiger partial charge in [-0.1, -0.05) is 129 Å². The summed E-state index contributed by atoms with van der Waals surface area (Å²) in [5.74, 6) is 2.02. The lowest BCUT2D eigenvalue weighted by molar-refractivity contribution is 0.293. The predicted molar refractivity (Wildman–Crippen MR) is 167 cm³/mol. The monoisotopic (exact) mass is 546 g/mol. The van der Waals surface area contributed by atoms with Gasteiger partial charge < -0.3 is 9.47 Å². The Labute approximate surface area is 234 Å². The summed E-state index contributed by atoms with van der Waals surface area (Å²) in [5.41, 5.74) is 0. The van der Waals surface area contributed by atoms with Gasteiger partial charge in [0, 0.05) is 24.3 Å². The highest BCUT2D eigenvalue weighted by molar-refractivity contribution is 7.99. The number of thioether (sulfide) groups is 1. The molecule has 0 aliphatic rings. The Morgan fingerprint density at radius 2 is 0.743 bits per heavy atom. The van der Waals surface area contributed by atoms with Crippen molar-refractivity contribution in [1.82, 2.24) is 0 Å². The minimum atomic E-state index is 0.771. The zero-order chi connectivity index (χ0) is 25.7. The summed E-state index contributed by atoms with van der Waals surface area (Å²) in [6.45, 7) is 6.13. The van der Waals surface area contributed by atoms with Gasteiger partial charge in [-0.3, -0.25) is 0 Å². The number of thiocarbonyl (C=S) groups is 2. The average molecular weight is 547 g/mol. The van der Waals surface area contributed by atoms with Gasteiger partial charge in [-0.15, -0.1) is 0 Å². The third-order valence-corrected chi connectivity index (χ3v) is 8.05. The molecule has 2 nitrogen and oxygen atoms in total. The minimum absolute atomic E-state index is 0.771. The van der Waals surface area contributed by atoms with Gasteiger partial charge >= 0.3 is 0 Å². The van der Waals surface area contributed by atoms with Crippen molar-refractivity contribution in [3.05, 3.63) is 0 Å². The second kappa shape index (κ2) is 30.4. The van der Waals surface area contributed by atoms with E-state index < -0.39 is 0 Å². The van der Waals surface area contributed by atoms with E-state index >= 15 is 0 Å². The summed E-state index contributed by atoms with van der Waals surface area (Å²) < 4.78 is 11.5. The van der Waals surface area contributed by atoms with Crippen LogP contribution >= 0.6 is 36.2 Å². The zero-order valence-corrected chi connectivity index (χ0v) is 25.9. The molecule has 0 aliphatic heterocycles. The fourth-order valence-electron chi connectivity index (χ4n) is 4.11. The number of unbranched alkanes of at least 4 members (excludes halogenated alkanes) is 18. The van der Waals surface area contributed by atoms with Gasteiger partial charge in [0.2, 0.25) is 0 Å². The summed E-state index contributed by atoms with van der Waals surface area (Å²) in [6, 6.07) is 0. The molecule has 0 aliphatic carbocycles. The van der Waals surface area contributed by atoms with E-state index in [0.717, 1.165) is 60.5 Å². The number of ether oxygens (including phenoxy) is 2. The van der Waals surface area contributed by atoms with E-state index in [4.69, 9.17) is 33.9 Å². The highest BCUT2D eigenvalue weighted by Gasteiger charge is 2.02. The van der Waals surface area contributed by atoms with Crippen molar-refractivity contribution in [2.75, 3.05) is 24.7 Å². The van der Waals surface area contributed by atoms with Crippen LogP contribution in [0.5, 0.6) is 0 Å². The quantitative estimate of drug-likeness (QED) is 0.0715. The predicted octanol–water partition coefficient (Wildman–Crippen LogP) is 11.0. The molecule has 208 valence electrons. The fraction of sp³-hybridized carbons (Fsp3) is 0.933. The maximum Gasteiger partial charge on any atom is 0.160 e. The Kier molecular flexibility index (Phi) is 30.5. The largest absolute Gasteiger partial charge is 0.487 e. The number of rotatable bonds is 28. The average Bonchev–Trinajstić information content (AvgIpc) is 2.85. The van der Waals surface area contributed by atoms with Crippen LogP contribution in [0.4, 0.5) is 0 Å². The molecule has 0 aromatic rings. The molecule has 35 heavy (non-hydrogen) atoms. The number of hydrogen-bond donors (Lipinski definition) is 0. The molecule has 5 heteroatoms. The van der Waals surface area contributed by atoms with Crippen LogP contribution < -0.4 is 0 Å². The normalized spacial score (nSPS) is 11.0. The summed E-state index contributed by atoms with van der Waals surface area (Å²) >= 11 is 12.6. The molecular formula is C30H58O2S3. The molecule has 0 radical (unpaired) electrons. The smallest absolute Gasteiger partial charge is 0.160 e. The van der Waals surface area contributed by atoms with Crippen LogP contribution in [0.2, 0.25) is 0 Å². The van der Waals surface area contributed by atoms with E-state index in [1.165, 1.54) is 116 Å². The van der Waals surface area contributed by atoms with E-state index in [9.17, 15) is 0 Å². The Bertz CT molecular complexity index is 417. The van der Waals surface area contributed by atoms with Crippen molar-refractivity contribution in [2.24, 2.45) is 0 Å². The van der Waals surface area contributed by atoms with Crippen molar-refractivity contribution in [3.8, 4) is 0 Å². The third-order valence-electron chi connectivity index (χ3n) is 6.42. The first-order valence-corrected chi connectivity index (χ1v) is 17.1. The SMILES string of the molecule is CCCCCCCCCCCCOC(=S)CCSCCC(=S)OCCCCCCCCCCCC. The van der Waals surface area contributed by atoms with Gasteiger partial charge in [-0.2, -0.15) is 11.8 Å².